The molecule has 1 aromatic rings. The van der Waals surface area contributed by atoms with E-state index in [1.54, 1.807) is 0 Å². The molecule has 1 unspecified atom stereocenters. The number of hydrogen-bond donors (Lipinski definition) is 1. The van der Waals surface area contributed by atoms with Crippen molar-refractivity contribution in [2.75, 3.05) is 6.54 Å². The molecule has 0 fully saturated rings. The quantitative estimate of drug-likeness (QED) is 0.782. The van der Waals surface area contributed by atoms with Crippen molar-refractivity contribution in [3.05, 3.63) is 42.2 Å². The van der Waals surface area contributed by atoms with E-state index in [-0.39, 0.29) is 0 Å². The van der Waals surface area contributed by atoms with Crippen molar-refractivity contribution in [3.8, 4) is 0 Å². The highest BCUT2D eigenvalue weighted by Crippen LogP contribution is 2.18. The summed E-state index contributed by atoms with van der Waals surface area (Å²) >= 11 is 0. The Morgan fingerprint density at radius 1 is 1.50 bits per heavy atom. The normalized spacial score (nSPS) is 21.9. The van der Waals surface area contributed by atoms with E-state index in [1.807, 2.05) is 18.5 Å². The van der Waals surface area contributed by atoms with E-state index < -0.39 is 0 Å². The SMILES string of the molecule is C[C@H](NCC1CC=CCC1)c1cccnc1. The Kier molecular flexibility index (Phi) is 4.11. The minimum absolute atomic E-state index is 0.402. The molecule has 2 nitrogen and oxygen atoms in total. The second-order valence-corrected chi connectivity index (χ2v) is 4.57. The van der Waals surface area contributed by atoms with Crippen LogP contribution in [0.2, 0.25) is 0 Å². The molecule has 0 spiro atoms. The third-order valence-corrected chi connectivity index (χ3v) is 3.27. The second-order valence-electron chi connectivity index (χ2n) is 4.57. The number of allylic oxidation sites excluding steroid dienone is 2. The molecule has 1 aromatic heterocycles. The Balaban J connectivity index is 1.79. The summed E-state index contributed by atoms with van der Waals surface area (Å²) in [5.74, 6) is 0.809. The van der Waals surface area contributed by atoms with E-state index in [9.17, 15) is 0 Å². The summed E-state index contributed by atoms with van der Waals surface area (Å²) in [5, 5.41) is 3.59. The average molecular weight is 216 g/mol. The van der Waals surface area contributed by atoms with Gasteiger partial charge in [-0.05, 0) is 50.3 Å². The number of aromatic nitrogens is 1. The van der Waals surface area contributed by atoms with Gasteiger partial charge in [-0.1, -0.05) is 18.2 Å². The number of nitrogens with one attached hydrogen (secondary N) is 1. The lowest BCUT2D eigenvalue weighted by Gasteiger charge is -2.21. The van der Waals surface area contributed by atoms with Gasteiger partial charge in [0.25, 0.3) is 0 Å². The molecule has 0 saturated carbocycles. The first-order chi connectivity index (χ1) is 7.86. The zero-order chi connectivity index (χ0) is 11.2. The second kappa shape index (κ2) is 5.80. The van der Waals surface area contributed by atoms with Gasteiger partial charge in [0, 0.05) is 18.4 Å². The minimum atomic E-state index is 0.402. The van der Waals surface area contributed by atoms with Gasteiger partial charge in [-0.3, -0.25) is 4.98 Å². The topological polar surface area (TPSA) is 24.9 Å². The first kappa shape index (κ1) is 11.3. The summed E-state index contributed by atoms with van der Waals surface area (Å²) in [6.45, 7) is 3.32. The molecule has 1 aliphatic rings. The Morgan fingerprint density at radius 2 is 2.44 bits per heavy atom. The van der Waals surface area contributed by atoms with Crippen molar-refractivity contribution in [2.45, 2.75) is 32.2 Å². The molecule has 0 radical (unpaired) electrons. The fraction of sp³-hybridized carbons (Fsp3) is 0.500. The number of nitrogens with zero attached hydrogens (tertiary/aromatic N) is 1. The van der Waals surface area contributed by atoms with Gasteiger partial charge in [-0.15, -0.1) is 0 Å². The van der Waals surface area contributed by atoms with Crippen LogP contribution in [0.25, 0.3) is 0 Å². The van der Waals surface area contributed by atoms with Gasteiger partial charge in [0.2, 0.25) is 0 Å². The van der Waals surface area contributed by atoms with Crippen LogP contribution in [0.4, 0.5) is 0 Å². The molecular formula is C14H20N2. The number of hydrogen-bond acceptors (Lipinski definition) is 2. The lowest BCUT2D eigenvalue weighted by atomic mass is 9.94. The minimum Gasteiger partial charge on any atom is -0.310 e. The molecule has 0 aromatic carbocycles. The van der Waals surface area contributed by atoms with Crippen molar-refractivity contribution < 1.29 is 0 Å². The third kappa shape index (κ3) is 3.17. The Labute approximate surface area is 97.8 Å². The summed E-state index contributed by atoms with van der Waals surface area (Å²) in [6, 6.07) is 4.53. The summed E-state index contributed by atoms with van der Waals surface area (Å²) in [4.78, 5) is 4.15. The van der Waals surface area contributed by atoms with E-state index in [4.69, 9.17) is 0 Å². The zero-order valence-corrected chi connectivity index (χ0v) is 9.89. The van der Waals surface area contributed by atoms with Crippen LogP contribution < -0.4 is 5.32 Å². The highest BCUT2D eigenvalue weighted by molar-refractivity contribution is 5.12. The monoisotopic (exact) mass is 216 g/mol. The van der Waals surface area contributed by atoms with E-state index >= 15 is 0 Å². The standard InChI is InChI=1S/C14H20N2/c1-12(14-8-5-9-15-11-14)16-10-13-6-3-2-4-7-13/h2-3,5,8-9,11-13,16H,4,6-7,10H2,1H3/t12-,13?/m0/s1. The van der Waals surface area contributed by atoms with Gasteiger partial charge in [-0.2, -0.15) is 0 Å². The van der Waals surface area contributed by atoms with Crippen molar-refractivity contribution in [3.63, 3.8) is 0 Å². The Hall–Kier alpha value is -1.15. The number of pyridine rings is 1. The van der Waals surface area contributed by atoms with Gasteiger partial charge in [-0.25, -0.2) is 0 Å². The van der Waals surface area contributed by atoms with E-state index in [0.717, 1.165) is 12.5 Å². The van der Waals surface area contributed by atoms with Gasteiger partial charge in [0.1, 0.15) is 0 Å². The van der Waals surface area contributed by atoms with Gasteiger partial charge >= 0.3 is 0 Å². The largest absolute Gasteiger partial charge is 0.310 e. The molecule has 0 bridgehead atoms. The predicted octanol–water partition coefficient (Wildman–Crippen LogP) is 3.09. The van der Waals surface area contributed by atoms with Gasteiger partial charge in [0.05, 0.1) is 0 Å². The molecule has 0 saturated heterocycles. The molecule has 1 heterocycles. The maximum atomic E-state index is 4.15. The predicted molar refractivity (Wildman–Crippen MR) is 67.1 cm³/mol. The van der Waals surface area contributed by atoms with Crippen molar-refractivity contribution in [2.24, 2.45) is 5.92 Å². The first-order valence-electron chi connectivity index (χ1n) is 6.14. The Morgan fingerprint density at radius 3 is 3.12 bits per heavy atom. The third-order valence-electron chi connectivity index (χ3n) is 3.27. The molecule has 16 heavy (non-hydrogen) atoms. The van der Waals surface area contributed by atoms with Crippen LogP contribution >= 0.6 is 0 Å². The lowest BCUT2D eigenvalue weighted by molar-refractivity contribution is 0.415. The van der Waals surface area contributed by atoms with Crippen molar-refractivity contribution in [1.29, 1.82) is 0 Å². The lowest BCUT2D eigenvalue weighted by Crippen LogP contribution is -2.26. The first-order valence-corrected chi connectivity index (χ1v) is 6.14. The van der Waals surface area contributed by atoms with Crippen LogP contribution in [0, 0.1) is 5.92 Å². The van der Waals surface area contributed by atoms with Crippen molar-refractivity contribution >= 4 is 0 Å². The van der Waals surface area contributed by atoms with Crippen LogP contribution in [0.1, 0.15) is 37.8 Å². The highest BCUT2D eigenvalue weighted by atomic mass is 14.9. The van der Waals surface area contributed by atoms with Crippen LogP contribution in [0.15, 0.2) is 36.7 Å². The molecule has 1 aliphatic carbocycles. The maximum absolute atomic E-state index is 4.15. The van der Waals surface area contributed by atoms with E-state index in [2.05, 4.69) is 35.4 Å². The maximum Gasteiger partial charge on any atom is 0.0315 e. The summed E-state index contributed by atoms with van der Waals surface area (Å²) < 4.78 is 0. The van der Waals surface area contributed by atoms with Gasteiger partial charge < -0.3 is 5.32 Å². The molecular weight excluding hydrogens is 196 g/mol. The van der Waals surface area contributed by atoms with Crippen LogP contribution in [-0.2, 0) is 0 Å². The van der Waals surface area contributed by atoms with Crippen LogP contribution in [0.5, 0.6) is 0 Å². The Bertz CT molecular complexity index is 332. The van der Waals surface area contributed by atoms with Crippen molar-refractivity contribution in [1.82, 2.24) is 10.3 Å². The summed E-state index contributed by atoms with van der Waals surface area (Å²) in [5.41, 5.74) is 1.27. The summed E-state index contributed by atoms with van der Waals surface area (Å²) in [6.07, 6.45) is 12.2. The highest BCUT2D eigenvalue weighted by Gasteiger charge is 2.11. The fourth-order valence-corrected chi connectivity index (χ4v) is 2.14. The summed E-state index contributed by atoms with van der Waals surface area (Å²) in [7, 11) is 0. The molecule has 2 rings (SSSR count). The molecule has 2 atom stereocenters. The number of rotatable bonds is 4. The molecule has 2 heteroatoms. The molecule has 1 N–H and O–H groups in total. The smallest absolute Gasteiger partial charge is 0.0315 e. The van der Waals surface area contributed by atoms with Crippen LogP contribution in [-0.4, -0.2) is 11.5 Å². The van der Waals surface area contributed by atoms with E-state index in [1.165, 1.54) is 24.8 Å². The van der Waals surface area contributed by atoms with Crippen LogP contribution in [0.3, 0.4) is 0 Å². The van der Waals surface area contributed by atoms with E-state index in [0.29, 0.717) is 6.04 Å². The van der Waals surface area contributed by atoms with Gasteiger partial charge in [0.15, 0.2) is 0 Å². The molecule has 86 valence electrons. The average Bonchev–Trinajstić information content (AvgIpc) is 2.38. The molecule has 0 aliphatic heterocycles. The fourth-order valence-electron chi connectivity index (χ4n) is 2.14. The zero-order valence-electron chi connectivity index (χ0n) is 9.89. The molecule has 0 amide bonds.